The average Bonchev–Trinajstić information content (AvgIpc) is 3.72. The number of amides is 1. The van der Waals surface area contributed by atoms with Crippen molar-refractivity contribution in [1.82, 2.24) is 24.1 Å². The van der Waals surface area contributed by atoms with Crippen LogP contribution in [0.1, 0.15) is 78.2 Å². The number of carbonyl (C=O) groups excluding carboxylic acids is 1. The molecule has 41 heavy (non-hydrogen) atoms. The van der Waals surface area contributed by atoms with Gasteiger partial charge in [-0.2, -0.15) is 0 Å². The second-order valence-corrected chi connectivity index (χ2v) is 14.7. The molecule has 3 aliphatic heterocycles. The summed E-state index contributed by atoms with van der Waals surface area (Å²) in [7, 11) is -3.16. The van der Waals surface area contributed by atoms with Crippen molar-refractivity contribution < 1.29 is 13.2 Å². The van der Waals surface area contributed by atoms with Crippen molar-refractivity contribution in [3.05, 3.63) is 70.9 Å². The minimum Gasteiger partial charge on any atom is -0.377 e. The molecule has 4 aliphatic rings. The number of likely N-dealkylation sites (tertiary alicyclic amines) is 1. The Balaban J connectivity index is 1.08. The van der Waals surface area contributed by atoms with Gasteiger partial charge in [-0.05, 0) is 68.9 Å². The Morgan fingerprint density at radius 2 is 1.66 bits per heavy atom. The van der Waals surface area contributed by atoms with Crippen molar-refractivity contribution in [2.45, 2.75) is 70.0 Å². The number of sulfonamides is 1. The lowest BCUT2D eigenvalue weighted by Gasteiger charge is -2.37. The van der Waals surface area contributed by atoms with Crippen LogP contribution in [0.25, 0.3) is 0 Å². The molecule has 0 radical (unpaired) electrons. The average molecular weight is 578 g/mol. The molecule has 1 amide bonds. The molecule has 9 heteroatoms. The molecular weight excluding hydrogens is 534 g/mol. The fourth-order valence-electron chi connectivity index (χ4n) is 7.67. The molecule has 0 bridgehead atoms. The summed E-state index contributed by atoms with van der Waals surface area (Å²) < 4.78 is 28.2. The zero-order valence-electron chi connectivity index (χ0n) is 24.4. The van der Waals surface area contributed by atoms with Crippen LogP contribution in [0.3, 0.4) is 0 Å². The third-order valence-corrected chi connectivity index (χ3v) is 12.4. The lowest BCUT2D eigenvalue weighted by molar-refractivity contribution is 0.0782. The van der Waals surface area contributed by atoms with E-state index in [9.17, 15) is 13.2 Å². The van der Waals surface area contributed by atoms with E-state index < -0.39 is 10.0 Å². The summed E-state index contributed by atoms with van der Waals surface area (Å²) in [6.07, 6.45) is 10.4. The first-order valence-corrected chi connectivity index (χ1v) is 16.9. The van der Waals surface area contributed by atoms with Gasteiger partial charge in [-0.3, -0.25) is 4.79 Å². The fourth-order valence-corrected chi connectivity index (χ4v) is 9.74. The number of fused-ring (bicyclic) bond motifs is 1. The van der Waals surface area contributed by atoms with Gasteiger partial charge in [-0.15, -0.1) is 0 Å². The molecule has 2 aromatic rings. The van der Waals surface area contributed by atoms with E-state index in [1.807, 2.05) is 18.7 Å². The van der Waals surface area contributed by atoms with E-state index in [0.29, 0.717) is 43.0 Å². The van der Waals surface area contributed by atoms with Crippen molar-refractivity contribution in [1.29, 1.82) is 0 Å². The summed E-state index contributed by atoms with van der Waals surface area (Å²) in [5.41, 5.74) is 4.82. The highest BCUT2D eigenvalue weighted by atomic mass is 32.2. The second kappa shape index (κ2) is 11.8. The Kier molecular flexibility index (Phi) is 8.19. The van der Waals surface area contributed by atoms with Gasteiger partial charge in [0.2, 0.25) is 10.0 Å². The largest absolute Gasteiger partial charge is 0.377 e. The number of nitrogens with zero attached hydrogens (tertiary/aromatic N) is 5. The van der Waals surface area contributed by atoms with E-state index >= 15 is 0 Å². The van der Waals surface area contributed by atoms with E-state index in [2.05, 4.69) is 51.4 Å². The molecule has 0 spiro atoms. The van der Waals surface area contributed by atoms with Gasteiger partial charge in [0.05, 0.1) is 22.2 Å². The molecule has 3 fully saturated rings. The van der Waals surface area contributed by atoms with Gasteiger partial charge in [-0.1, -0.05) is 43.2 Å². The predicted octanol–water partition coefficient (Wildman–Crippen LogP) is 4.52. The van der Waals surface area contributed by atoms with Gasteiger partial charge in [-0.25, -0.2) is 22.7 Å². The van der Waals surface area contributed by atoms with Crippen LogP contribution in [0.4, 0.5) is 0 Å². The molecule has 0 N–H and O–H groups in total. The summed E-state index contributed by atoms with van der Waals surface area (Å²) in [6, 6.07) is 10.8. The fraction of sp³-hybridized carbons (Fsp3) is 0.594. The van der Waals surface area contributed by atoms with Crippen LogP contribution >= 0.6 is 0 Å². The molecular formula is C32H43N5O3S. The number of aryl methyl sites for hydroxylation is 2. The highest BCUT2D eigenvalue weighted by Crippen LogP contribution is 2.39. The van der Waals surface area contributed by atoms with Crippen molar-refractivity contribution in [3.63, 3.8) is 0 Å². The molecule has 8 nitrogen and oxygen atoms in total. The smallest absolute Gasteiger partial charge is 0.257 e. The normalized spacial score (nSPS) is 23.2. The number of hydrogen-bond donors (Lipinski definition) is 0. The molecule has 6 rings (SSSR count). The number of benzene rings is 1. The topological polar surface area (TPSA) is 86.7 Å². The summed E-state index contributed by atoms with van der Waals surface area (Å²) in [5.74, 6) is 1.31. The minimum absolute atomic E-state index is 0.0351. The summed E-state index contributed by atoms with van der Waals surface area (Å²) >= 11 is 0. The van der Waals surface area contributed by atoms with Gasteiger partial charge in [0.15, 0.2) is 0 Å². The van der Waals surface area contributed by atoms with Crippen LogP contribution in [-0.2, 0) is 10.0 Å². The summed E-state index contributed by atoms with van der Waals surface area (Å²) in [5, 5.41) is -0.160. The van der Waals surface area contributed by atoms with E-state index in [-0.39, 0.29) is 11.2 Å². The van der Waals surface area contributed by atoms with E-state index in [4.69, 9.17) is 0 Å². The summed E-state index contributed by atoms with van der Waals surface area (Å²) in [4.78, 5) is 26.1. The molecule has 1 aromatic heterocycles. The van der Waals surface area contributed by atoms with Gasteiger partial charge in [0.1, 0.15) is 6.33 Å². The lowest BCUT2D eigenvalue weighted by atomic mass is 9.78. The molecule has 4 heterocycles. The van der Waals surface area contributed by atoms with Gasteiger partial charge < -0.3 is 9.80 Å². The maximum Gasteiger partial charge on any atom is 0.257 e. The standard InChI is InChI=1S/C32H43N5O3S/c1-23-31(24(2)34-22-33-23)32(38)36-20-27-18-35(19-28(27)21-36)15-14-30(25-8-4-3-5-9-25)26-12-16-37(17-13-26)41(39,40)29-10-6-7-11-29/h3-5,8-9,18,22,26,28-30H,6-7,10-17,19-21H2,1-2H3. The Morgan fingerprint density at radius 3 is 2.32 bits per heavy atom. The first kappa shape index (κ1) is 28.3. The number of carbonyl (C=O) groups is 1. The highest BCUT2D eigenvalue weighted by molar-refractivity contribution is 7.89. The monoisotopic (exact) mass is 577 g/mol. The molecule has 220 valence electrons. The first-order chi connectivity index (χ1) is 19.8. The first-order valence-electron chi connectivity index (χ1n) is 15.4. The maximum atomic E-state index is 13.3. The Morgan fingerprint density at radius 1 is 0.976 bits per heavy atom. The van der Waals surface area contributed by atoms with Crippen LogP contribution in [0.15, 0.2) is 48.4 Å². The molecule has 1 aliphatic carbocycles. The minimum atomic E-state index is -3.16. The van der Waals surface area contributed by atoms with Crippen molar-refractivity contribution in [2.75, 3.05) is 39.3 Å². The van der Waals surface area contributed by atoms with Crippen LogP contribution < -0.4 is 0 Å². The Bertz CT molecular complexity index is 1360. The van der Waals surface area contributed by atoms with Crippen molar-refractivity contribution >= 4 is 15.9 Å². The van der Waals surface area contributed by atoms with Gasteiger partial charge in [0, 0.05) is 51.4 Å². The summed E-state index contributed by atoms with van der Waals surface area (Å²) in [6.45, 7) is 8.38. The van der Waals surface area contributed by atoms with E-state index in [1.54, 1.807) is 4.31 Å². The lowest BCUT2D eigenvalue weighted by Crippen LogP contribution is -2.43. The second-order valence-electron chi connectivity index (χ2n) is 12.5. The number of hydrogen-bond acceptors (Lipinski definition) is 6. The van der Waals surface area contributed by atoms with Gasteiger partial charge in [0.25, 0.3) is 5.91 Å². The molecule has 2 unspecified atom stereocenters. The Labute approximate surface area is 244 Å². The predicted molar refractivity (Wildman–Crippen MR) is 160 cm³/mol. The zero-order valence-corrected chi connectivity index (χ0v) is 25.2. The molecule has 1 saturated carbocycles. The van der Waals surface area contributed by atoms with E-state index in [0.717, 1.165) is 76.0 Å². The van der Waals surface area contributed by atoms with Crippen LogP contribution in [0.5, 0.6) is 0 Å². The zero-order chi connectivity index (χ0) is 28.6. The third kappa shape index (κ3) is 5.80. The van der Waals surface area contributed by atoms with E-state index in [1.165, 1.54) is 17.5 Å². The van der Waals surface area contributed by atoms with Crippen molar-refractivity contribution in [3.8, 4) is 0 Å². The number of aromatic nitrogens is 2. The molecule has 2 saturated heterocycles. The maximum absolute atomic E-state index is 13.3. The SMILES string of the molecule is Cc1ncnc(C)c1C(=O)N1CC2=CN(CCC(c3ccccc3)C3CCN(S(=O)(=O)C4CCCC4)CC3)CC2C1. The third-order valence-electron chi connectivity index (χ3n) is 9.98. The molecule has 1 aromatic carbocycles. The van der Waals surface area contributed by atoms with Crippen LogP contribution in [-0.4, -0.2) is 82.9 Å². The highest BCUT2D eigenvalue weighted by Gasteiger charge is 2.39. The van der Waals surface area contributed by atoms with Crippen LogP contribution in [0.2, 0.25) is 0 Å². The quantitative estimate of drug-likeness (QED) is 0.459. The molecule has 2 atom stereocenters. The Hall–Kier alpha value is -2.78. The number of rotatable bonds is 8. The van der Waals surface area contributed by atoms with Crippen LogP contribution in [0, 0.1) is 25.7 Å². The van der Waals surface area contributed by atoms with Crippen molar-refractivity contribution in [2.24, 2.45) is 11.8 Å². The number of piperidine rings is 1. The van der Waals surface area contributed by atoms with Gasteiger partial charge >= 0.3 is 0 Å².